The summed E-state index contributed by atoms with van der Waals surface area (Å²) in [6.45, 7) is 5.68. The van der Waals surface area contributed by atoms with Gasteiger partial charge in [-0.1, -0.05) is 12.5 Å². The zero-order chi connectivity index (χ0) is 22.9. The number of carbonyl (C=O) groups excluding carboxylic acids is 1. The number of pyridine rings is 1. The van der Waals surface area contributed by atoms with Crippen molar-refractivity contribution in [3.8, 4) is 23.0 Å². The van der Waals surface area contributed by atoms with E-state index in [1.807, 2.05) is 11.8 Å². The molecule has 2 aliphatic heterocycles. The highest BCUT2D eigenvalue weighted by atomic mass is 16.2. The molecule has 0 spiro atoms. The summed E-state index contributed by atoms with van der Waals surface area (Å²) in [4.78, 5) is 34.5. The first-order chi connectivity index (χ1) is 16.0. The maximum absolute atomic E-state index is 13.0. The molecule has 0 saturated carbocycles. The van der Waals surface area contributed by atoms with Gasteiger partial charge in [0, 0.05) is 31.5 Å². The molecule has 3 aromatic rings. The Morgan fingerprint density at radius 2 is 1.91 bits per heavy atom. The number of piperidine rings is 1. The minimum Gasteiger partial charge on any atom is -0.335 e. The molecule has 2 aromatic heterocycles. The Hall–Kier alpha value is -3.70. The molecule has 2 aliphatic rings. The molecule has 168 valence electrons. The maximum Gasteiger partial charge on any atom is 0.280 e. The Morgan fingerprint density at radius 3 is 2.58 bits per heavy atom. The fourth-order valence-corrected chi connectivity index (χ4v) is 4.73. The number of aromatic amines is 1. The number of amides is 1. The number of aromatic nitrogens is 3. The number of rotatable bonds is 4. The number of nitriles is 1. The lowest BCUT2D eigenvalue weighted by atomic mass is 10.0. The lowest BCUT2D eigenvalue weighted by Crippen LogP contribution is -2.61. The van der Waals surface area contributed by atoms with Crippen molar-refractivity contribution in [2.75, 3.05) is 26.2 Å². The Morgan fingerprint density at radius 1 is 1.12 bits per heavy atom. The van der Waals surface area contributed by atoms with Crippen molar-refractivity contribution in [3.63, 3.8) is 0 Å². The maximum atomic E-state index is 13.0. The van der Waals surface area contributed by atoms with Crippen LogP contribution in [0.2, 0.25) is 0 Å². The number of nitrogens with zero attached hydrogens (tertiary/aromatic N) is 5. The summed E-state index contributed by atoms with van der Waals surface area (Å²) >= 11 is 0. The first-order valence-electron chi connectivity index (χ1n) is 11.4. The molecule has 1 amide bonds. The SMILES string of the molecule is Cc1cc(C#N)ccc1-c1c[nH]n(-c2ccc(C(=O)N3CC(N4CCCCC4)C3)cn2)c1=O. The number of hydrogen-bond donors (Lipinski definition) is 1. The molecule has 0 unspecified atom stereocenters. The fourth-order valence-electron chi connectivity index (χ4n) is 4.73. The van der Waals surface area contributed by atoms with Crippen LogP contribution in [0, 0.1) is 18.3 Å². The normalized spacial score (nSPS) is 16.9. The first kappa shape index (κ1) is 21.2. The number of hydrogen-bond acceptors (Lipinski definition) is 5. The van der Waals surface area contributed by atoms with E-state index in [9.17, 15) is 9.59 Å². The van der Waals surface area contributed by atoms with Gasteiger partial charge < -0.3 is 4.90 Å². The van der Waals surface area contributed by atoms with Gasteiger partial charge in [-0.25, -0.2) is 9.67 Å². The highest BCUT2D eigenvalue weighted by molar-refractivity contribution is 5.94. The van der Waals surface area contributed by atoms with Gasteiger partial charge in [-0.2, -0.15) is 5.26 Å². The molecule has 0 aliphatic carbocycles. The molecule has 0 radical (unpaired) electrons. The molecule has 1 aromatic carbocycles. The van der Waals surface area contributed by atoms with Crippen LogP contribution in [0.3, 0.4) is 0 Å². The van der Waals surface area contributed by atoms with Gasteiger partial charge in [0.05, 0.1) is 22.8 Å². The smallest absolute Gasteiger partial charge is 0.280 e. The van der Waals surface area contributed by atoms with Crippen molar-refractivity contribution in [2.45, 2.75) is 32.2 Å². The van der Waals surface area contributed by atoms with Crippen LogP contribution in [0.25, 0.3) is 16.9 Å². The average Bonchev–Trinajstić information content (AvgIpc) is 3.19. The van der Waals surface area contributed by atoms with Gasteiger partial charge in [-0.15, -0.1) is 0 Å². The van der Waals surface area contributed by atoms with Crippen LogP contribution in [0.5, 0.6) is 0 Å². The van der Waals surface area contributed by atoms with E-state index in [1.54, 1.807) is 36.5 Å². The molecule has 0 atom stereocenters. The minimum absolute atomic E-state index is 0.0185. The van der Waals surface area contributed by atoms with Crippen molar-refractivity contribution in [3.05, 3.63) is 69.8 Å². The van der Waals surface area contributed by atoms with Gasteiger partial charge in [0.15, 0.2) is 5.82 Å². The third-order valence-electron chi connectivity index (χ3n) is 6.70. The zero-order valence-electron chi connectivity index (χ0n) is 18.6. The zero-order valence-corrected chi connectivity index (χ0v) is 18.6. The molecule has 8 nitrogen and oxygen atoms in total. The molecule has 0 bridgehead atoms. The van der Waals surface area contributed by atoms with Gasteiger partial charge in [0.1, 0.15) is 0 Å². The number of likely N-dealkylation sites (tertiary alicyclic amines) is 2. The van der Waals surface area contributed by atoms with Gasteiger partial charge in [0.25, 0.3) is 11.5 Å². The Labute approximate surface area is 192 Å². The molecule has 4 heterocycles. The minimum atomic E-state index is -0.235. The number of H-pyrrole nitrogens is 1. The second-order valence-corrected chi connectivity index (χ2v) is 8.83. The third kappa shape index (κ3) is 3.96. The molecule has 8 heteroatoms. The predicted octanol–water partition coefficient (Wildman–Crippen LogP) is 2.72. The lowest BCUT2D eigenvalue weighted by molar-refractivity contribution is 0.0203. The van der Waals surface area contributed by atoms with Crippen molar-refractivity contribution in [1.29, 1.82) is 5.26 Å². The topological polar surface area (TPSA) is 98.0 Å². The van der Waals surface area contributed by atoms with Crippen LogP contribution in [0.15, 0.2) is 47.5 Å². The fraction of sp³-hybridized carbons (Fsp3) is 0.360. The van der Waals surface area contributed by atoms with Gasteiger partial charge in [-0.05, 0) is 68.2 Å². The van der Waals surface area contributed by atoms with E-state index < -0.39 is 0 Å². The quantitative estimate of drug-likeness (QED) is 0.670. The van der Waals surface area contributed by atoms with Gasteiger partial charge >= 0.3 is 0 Å². The number of carbonyl (C=O) groups is 1. The van der Waals surface area contributed by atoms with Crippen LogP contribution in [-0.2, 0) is 0 Å². The van der Waals surface area contributed by atoms with Crippen molar-refractivity contribution >= 4 is 5.91 Å². The Balaban J connectivity index is 1.29. The van der Waals surface area contributed by atoms with E-state index in [1.165, 1.54) is 30.1 Å². The Kier molecular flexibility index (Phi) is 5.56. The summed E-state index contributed by atoms with van der Waals surface area (Å²) in [7, 11) is 0. The standard InChI is InChI=1S/C25H26N6O2/c1-17-11-18(12-26)5-7-21(17)22-14-28-31(25(22)33)23-8-6-19(13-27-23)24(32)30-15-20(16-30)29-9-3-2-4-10-29/h5-8,11,13-14,20,28H,2-4,9-10,15-16H2,1H3. The highest BCUT2D eigenvalue weighted by Crippen LogP contribution is 2.23. The molecular weight excluding hydrogens is 416 g/mol. The third-order valence-corrected chi connectivity index (χ3v) is 6.70. The number of aryl methyl sites for hydroxylation is 1. The van der Waals surface area contributed by atoms with Crippen LogP contribution in [0.1, 0.15) is 40.7 Å². The number of benzene rings is 1. The molecule has 2 fully saturated rings. The summed E-state index contributed by atoms with van der Waals surface area (Å²) in [5, 5.41) is 12.0. The van der Waals surface area contributed by atoms with Crippen molar-refractivity contribution in [1.82, 2.24) is 24.6 Å². The first-order valence-corrected chi connectivity index (χ1v) is 11.4. The summed E-state index contributed by atoms with van der Waals surface area (Å²) in [6.07, 6.45) is 6.98. The monoisotopic (exact) mass is 442 g/mol. The van der Waals surface area contributed by atoms with E-state index in [4.69, 9.17) is 5.26 Å². The summed E-state index contributed by atoms with van der Waals surface area (Å²) in [5.41, 5.74) is 2.97. The number of nitrogens with one attached hydrogen (secondary N) is 1. The molecule has 5 rings (SSSR count). The molecule has 2 saturated heterocycles. The van der Waals surface area contributed by atoms with E-state index >= 15 is 0 Å². The summed E-state index contributed by atoms with van der Waals surface area (Å²) in [6, 6.07) is 11.2. The molecular formula is C25H26N6O2. The highest BCUT2D eigenvalue weighted by Gasteiger charge is 2.35. The van der Waals surface area contributed by atoms with Crippen LogP contribution in [-0.4, -0.2) is 62.7 Å². The van der Waals surface area contributed by atoms with E-state index in [0.717, 1.165) is 37.3 Å². The Bertz CT molecular complexity index is 1270. The van der Waals surface area contributed by atoms with E-state index in [-0.39, 0.29) is 11.5 Å². The van der Waals surface area contributed by atoms with E-state index in [2.05, 4.69) is 21.1 Å². The van der Waals surface area contributed by atoms with Crippen molar-refractivity contribution < 1.29 is 4.79 Å². The van der Waals surface area contributed by atoms with Crippen molar-refractivity contribution in [2.24, 2.45) is 0 Å². The average molecular weight is 443 g/mol. The predicted molar refractivity (Wildman–Crippen MR) is 124 cm³/mol. The molecule has 1 N–H and O–H groups in total. The second-order valence-electron chi connectivity index (χ2n) is 8.83. The van der Waals surface area contributed by atoms with Gasteiger partial charge in [-0.3, -0.25) is 19.6 Å². The molecule has 33 heavy (non-hydrogen) atoms. The van der Waals surface area contributed by atoms with Crippen LogP contribution in [0.4, 0.5) is 0 Å². The van der Waals surface area contributed by atoms with Gasteiger partial charge in [0.2, 0.25) is 0 Å². The van der Waals surface area contributed by atoms with Crippen LogP contribution >= 0.6 is 0 Å². The summed E-state index contributed by atoms with van der Waals surface area (Å²) < 4.78 is 1.36. The second kappa shape index (κ2) is 8.68. The lowest BCUT2D eigenvalue weighted by Gasteiger charge is -2.46. The van der Waals surface area contributed by atoms with E-state index in [0.29, 0.717) is 28.6 Å². The largest absolute Gasteiger partial charge is 0.335 e. The van der Waals surface area contributed by atoms with Crippen LogP contribution < -0.4 is 5.56 Å². The summed E-state index contributed by atoms with van der Waals surface area (Å²) in [5.74, 6) is 0.402.